The summed E-state index contributed by atoms with van der Waals surface area (Å²) in [5.41, 5.74) is -1.62. The van der Waals surface area contributed by atoms with Crippen molar-refractivity contribution in [3.05, 3.63) is 29.8 Å². The highest BCUT2D eigenvalue weighted by Gasteiger charge is 2.51. The number of carbonyl (C=O) groups is 3. The minimum absolute atomic E-state index is 0.251. The third-order valence-corrected chi connectivity index (χ3v) is 5.78. The molecular formula is C19H22N2O4. The van der Waals surface area contributed by atoms with Gasteiger partial charge < -0.3 is 15.4 Å². The molecule has 2 N–H and O–H groups in total. The summed E-state index contributed by atoms with van der Waals surface area (Å²) in [6, 6.07) is 6.71. The van der Waals surface area contributed by atoms with E-state index in [4.69, 9.17) is 4.74 Å². The third-order valence-electron chi connectivity index (χ3n) is 5.78. The lowest BCUT2D eigenvalue weighted by molar-refractivity contribution is -0.146. The first kappa shape index (κ1) is 16.1. The molecule has 2 spiro atoms. The van der Waals surface area contributed by atoms with E-state index in [1.54, 1.807) is 24.3 Å². The average molecular weight is 342 g/mol. The van der Waals surface area contributed by atoms with E-state index in [2.05, 4.69) is 10.6 Å². The Kier molecular flexibility index (Phi) is 3.78. The van der Waals surface area contributed by atoms with Crippen LogP contribution in [-0.2, 0) is 9.59 Å². The van der Waals surface area contributed by atoms with Crippen LogP contribution in [0.1, 0.15) is 61.7 Å². The van der Waals surface area contributed by atoms with E-state index in [1.165, 1.54) is 0 Å². The molecule has 0 radical (unpaired) electrons. The molecule has 4 rings (SSSR count). The SMILES string of the molecule is O=C1NC2(CCCC2)C(=O)NC2(CCCC2)C(=O)Oc2ccccc21. The standard InChI is InChI=1S/C19H22N2O4/c22-15-13-7-1-2-8-14(13)25-17(24)19(11-5-6-12-19)21-16(23)18(20-15)9-3-4-10-18/h1-2,7-8H,3-6,9-12H2,(H,20,22)(H,21,23). The first-order valence-corrected chi connectivity index (χ1v) is 9.01. The summed E-state index contributed by atoms with van der Waals surface area (Å²) in [5.74, 6) is -0.839. The molecule has 0 saturated heterocycles. The zero-order valence-electron chi connectivity index (χ0n) is 14.1. The topological polar surface area (TPSA) is 84.5 Å². The molecular weight excluding hydrogens is 320 g/mol. The van der Waals surface area contributed by atoms with Gasteiger partial charge in [-0.15, -0.1) is 0 Å². The molecule has 2 amide bonds. The first-order valence-electron chi connectivity index (χ1n) is 9.01. The van der Waals surface area contributed by atoms with Crippen molar-refractivity contribution in [3.63, 3.8) is 0 Å². The number of esters is 1. The monoisotopic (exact) mass is 342 g/mol. The second-order valence-corrected chi connectivity index (χ2v) is 7.37. The van der Waals surface area contributed by atoms with Crippen LogP contribution >= 0.6 is 0 Å². The molecule has 0 atom stereocenters. The van der Waals surface area contributed by atoms with Gasteiger partial charge in [0.2, 0.25) is 5.91 Å². The Labute approximate surface area is 146 Å². The number of carbonyl (C=O) groups excluding carboxylic acids is 3. The molecule has 1 heterocycles. The van der Waals surface area contributed by atoms with Crippen molar-refractivity contribution in [1.82, 2.24) is 10.6 Å². The number of ether oxygens (including phenoxy) is 1. The van der Waals surface area contributed by atoms with Crippen molar-refractivity contribution in [2.24, 2.45) is 0 Å². The number of benzene rings is 1. The van der Waals surface area contributed by atoms with Gasteiger partial charge in [0, 0.05) is 0 Å². The van der Waals surface area contributed by atoms with Crippen LogP contribution in [-0.4, -0.2) is 28.9 Å². The van der Waals surface area contributed by atoms with Crippen molar-refractivity contribution in [1.29, 1.82) is 0 Å². The number of rotatable bonds is 0. The smallest absolute Gasteiger partial charge is 0.337 e. The van der Waals surface area contributed by atoms with Gasteiger partial charge in [-0.1, -0.05) is 37.8 Å². The molecule has 1 aliphatic heterocycles. The van der Waals surface area contributed by atoms with Crippen molar-refractivity contribution >= 4 is 17.8 Å². The Hall–Kier alpha value is -2.37. The first-order chi connectivity index (χ1) is 12.0. The van der Waals surface area contributed by atoms with Crippen molar-refractivity contribution < 1.29 is 19.1 Å². The largest absolute Gasteiger partial charge is 0.424 e. The Morgan fingerprint density at radius 2 is 1.40 bits per heavy atom. The molecule has 2 saturated carbocycles. The normalized spacial score (nSPS) is 24.6. The molecule has 25 heavy (non-hydrogen) atoms. The van der Waals surface area contributed by atoms with E-state index in [1.807, 2.05) is 0 Å². The number of amides is 2. The maximum absolute atomic E-state index is 13.1. The van der Waals surface area contributed by atoms with E-state index in [-0.39, 0.29) is 17.6 Å². The van der Waals surface area contributed by atoms with E-state index in [0.29, 0.717) is 31.2 Å². The van der Waals surface area contributed by atoms with Gasteiger partial charge in [0.25, 0.3) is 5.91 Å². The highest BCUT2D eigenvalue weighted by Crippen LogP contribution is 2.37. The zero-order valence-corrected chi connectivity index (χ0v) is 14.1. The Morgan fingerprint density at radius 1 is 0.800 bits per heavy atom. The maximum Gasteiger partial charge on any atom is 0.337 e. The van der Waals surface area contributed by atoms with Crippen LogP contribution in [0.2, 0.25) is 0 Å². The molecule has 0 bridgehead atoms. The minimum Gasteiger partial charge on any atom is -0.424 e. The molecule has 0 unspecified atom stereocenters. The molecule has 1 aromatic carbocycles. The van der Waals surface area contributed by atoms with Gasteiger partial charge in [0.05, 0.1) is 5.56 Å². The van der Waals surface area contributed by atoms with Crippen LogP contribution < -0.4 is 15.4 Å². The molecule has 6 heteroatoms. The quantitative estimate of drug-likeness (QED) is 0.558. The van der Waals surface area contributed by atoms with E-state index >= 15 is 0 Å². The summed E-state index contributed by atoms with van der Waals surface area (Å²) in [6.45, 7) is 0. The molecule has 6 nitrogen and oxygen atoms in total. The minimum atomic E-state index is -0.984. The predicted octanol–water partition coefficient (Wildman–Crippen LogP) is 2.08. The lowest BCUT2D eigenvalue weighted by atomic mass is 9.90. The highest BCUT2D eigenvalue weighted by molar-refractivity contribution is 6.04. The van der Waals surface area contributed by atoms with E-state index in [9.17, 15) is 14.4 Å². The third kappa shape index (κ3) is 2.60. The van der Waals surface area contributed by atoms with Crippen LogP contribution in [0, 0.1) is 0 Å². The lowest BCUT2D eigenvalue weighted by Crippen LogP contribution is -2.64. The van der Waals surface area contributed by atoms with Crippen LogP contribution in [0.15, 0.2) is 24.3 Å². The van der Waals surface area contributed by atoms with E-state index < -0.39 is 17.0 Å². The Bertz CT molecular complexity index is 731. The number of hydrogen-bond donors (Lipinski definition) is 2. The summed E-state index contributed by atoms with van der Waals surface area (Å²) >= 11 is 0. The lowest BCUT2D eigenvalue weighted by Gasteiger charge is -2.36. The van der Waals surface area contributed by atoms with Gasteiger partial charge in [-0.25, -0.2) is 4.79 Å². The number of fused-ring (bicyclic) bond motifs is 1. The summed E-state index contributed by atoms with van der Waals surface area (Å²) in [4.78, 5) is 38.8. The fourth-order valence-electron chi connectivity index (χ4n) is 4.31. The molecule has 2 fully saturated rings. The van der Waals surface area contributed by atoms with Crippen molar-refractivity contribution in [2.75, 3.05) is 0 Å². The average Bonchev–Trinajstić information content (AvgIpc) is 3.25. The number of nitrogens with one attached hydrogen (secondary N) is 2. The Morgan fingerprint density at radius 3 is 2.08 bits per heavy atom. The van der Waals surface area contributed by atoms with Gasteiger partial charge in [0.1, 0.15) is 16.8 Å². The number of hydrogen-bond acceptors (Lipinski definition) is 4. The van der Waals surface area contributed by atoms with Gasteiger partial charge in [-0.3, -0.25) is 9.59 Å². The van der Waals surface area contributed by atoms with Crippen molar-refractivity contribution in [2.45, 2.75) is 62.4 Å². The molecule has 2 aliphatic carbocycles. The summed E-state index contributed by atoms with van der Waals surface area (Å²) in [5, 5.41) is 5.91. The molecule has 0 aromatic heterocycles. The van der Waals surface area contributed by atoms with Gasteiger partial charge in [0.15, 0.2) is 0 Å². The summed E-state index contributed by atoms with van der Waals surface area (Å²) in [6.07, 6.45) is 5.84. The Balaban J connectivity index is 1.81. The van der Waals surface area contributed by atoms with Crippen LogP contribution in [0.3, 0.4) is 0 Å². The fraction of sp³-hybridized carbons (Fsp3) is 0.526. The maximum atomic E-state index is 13.1. The van der Waals surface area contributed by atoms with Crippen LogP contribution in [0.25, 0.3) is 0 Å². The van der Waals surface area contributed by atoms with Gasteiger partial charge in [-0.05, 0) is 37.8 Å². The fourth-order valence-corrected chi connectivity index (χ4v) is 4.31. The second-order valence-electron chi connectivity index (χ2n) is 7.37. The molecule has 1 aromatic rings. The van der Waals surface area contributed by atoms with E-state index in [0.717, 1.165) is 25.7 Å². The number of para-hydroxylation sites is 1. The molecule has 3 aliphatic rings. The predicted molar refractivity (Wildman–Crippen MR) is 90.1 cm³/mol. The summed E-state index contributed by atoms with van der Waals surface area (Å²) < 4.78 is 5.57. The zero-order chi connectivity index (χ0) is 17.5. The summed E-state index contributed by atoms with van der Waals surface area (Å²) in [7, 11) is 0. The highest BCUT2D eigenvalue weighted by atomic mass is 16.5. The van der Waals surface area contributed by atoms with Crippen LogP contribution in [0.4, 0.5) is 0 Å². The van der Waals surface area contributed by atoms with Crippen LogP contribution in [0.5, 0.6) is 5.75 Å². The molecule has 132 valence electrons. The second kappa shape index (κ2) is 5.86. The van der Waals surface area contributed by atoms with Gasteiger partial charge in [-0.2, -0.15) is 0 Å². The van der Waals surface area contributed by atoms with Gasteiger partial charge >= 0.3 is 5.97 Å². The van der Waals surface area contributed by atoms with Crippen molar-refractivity contribution in [3.8, 4) is 5.75 Å².